The van der Waals surface area contributed by atoms with Crippen LogP contribution in [0.1, 0.15) is 13.8 Å². The van der Waals surface area contributed by atoms with E-state index in [2.05, 4.69) is 0 Å². The van der Waals surface area contributed by atoms with Crippen LogP contribution in [0.25, 0.3) is 0 Å². The maximum Gasteiger partial charge on any atom is 0.707 e. The molecule has 0 aliphatic carbocycles. The number of hydrogen-bond acceptors (Lipinski definition) is 4. The van der Waals surface area contributed by atoms with Gasteiger partial charge in [-0.05, 0) is 18.1 Å². The summed E-state index contributed by atoms with van der Waals surface area (Å²) >= 11 is 0. The van der Waals surface area contributed by atoms with Crippen LogP contribution >= 0.6 is 0 Å². The maximum atomic E-state index is 8.69. The first-order valence-electron chi connectivity index (χ1n) is 4.84. The molecule has 1 aromatic carbocycles. The van der Waals surface area contributed by atoms with E-state index in [1.807, 2.05) is 13.8 Å². The summed E-state index contributed by atoms with van der Waals surface area (Å²) in [5, 5.41) is 17.4. The van der Waals surface area contributed by atoms with E-state index in [4.69, 9.17) is 19.4 Å². The number of para-hydroxylation sites is 2. The Morgan fingerprint density at radius 3 is 2.33 bits per heavy atom. The smallest absolute Gasteiger partial charge is 0.509 e. The Kier molecular flexibility index (Phi) is 4.46. The van der Waals surface area contributed by atoms with E-state index in [1.165, 1.54) is 0 Å². The van der Waals surface area contributed by atoms with Gasteiger partial charge in [-0.15, -0.1) is 0 Å². The van der Waals surface area contributed by atoms with Crippen molar-refractivity contribution in [1.82, 2.24) is 0 Å². The Hall–Kier alpha value is -1.20. The summed E-state index contributed by atoms with van der Waals surface area (Å²) in [5.41, 5.74) is 0. The average molecular weight is 210 g/mol. The van der Waals surface area contributed by atoms with Crippen molar-refractivity contribution in [2.45, 2.75) is 13.8 Å². The van der Waals surface area contributed by atoms with Gasteiger partial charge in [-0.2, -0.15) is 0 Å². The molecular formula is C10H15BO4. The minimum Gasteiger partial charge on any atom is -0.509 e. The molecule has 0 atom stereocenters. The summed E-state index contributed by atoms with van der Waals surface area (Å²) in [6, 6.07) is 6.88. The summed E-state index contributed by atoms with van der Waals surface area (Å²) in [6.07, 6.45) is 0. The Labute approximate surface area is 89.6 Å². The molecule has 1 rings (SSSR count). The highest BCUT2D eigenvalue weighted by Gasteiger charge is 2.14. The molecular weight excluding hydrogens is 195 g/mol. The first-order valence-corrected chi connectivity index (χ1v) is 4.84. The molecule has 5 heteroatoms. The average Bonchev–Trinajstić information content (AvgIpc) is 2.15. The predicted octanol–water partition coefficient (Wildman–Crippen LogP) is 1.07. The third-order valence-corrected chi connectivity index (χ3v) is 1.65. The topological polar surface area (TPSA) is 58.9 Å². The molecule has 0 aliphatic heterocycles. The largest absolute Gasteiger partial charge is 0.707 e. The minimum atomic E-state index is -1.83. The molecule has 0 heterocycles. The predicted molar refractivity (Wildman–Crippen MR) is 57.6 cm³/mol. The van der Waals surface area contributed by atoms with Crippen LogP contribution in [0.5, 0.6) is 11.5 Å². The molecule has 0 spiro atoms. The zero-order valence-electron chi connectivity index (χ0n) is 8.88. The van der Waals surface area contributed by atoms with E-state index in [0.717, 1.165) is 0 Å². The van der Waals surface area contributed by atoms with Crippen LogP contribution < -0.4 is 9.39 Å². The molecule has 0 amide bonds. The monoisotopic (exact) mass is 210 g/mol. The third kappa shape index (κ3) is 4.23. The van der Waals surface area contributed by atoms with Gasteiger partial charge < -0.3 is 19.4 Å². The van der Waals surface area contributed by atoms with Crippen molar-refractivity contribution >= 4 is 7.32 Å². The second-order valence-electron chi connectivity index (χ2n) is 3.60. The van der Waals surface area contributed by atoms with Crippen molar-refractivity contribution in [3.8, 4) is 11.5 Å². The molecule has 82 valence electrons. The fraction of sp³-hybridized carbons (Fsp3) is 0.400. The molecule has 0 saturated heterocycles. The molecule has 0 aromatic heterocycles. The lowest BCUT2D eigenvalue weighted by atomic mass is 10.2. The lowest BCUT2D eigenvalue weighted by Gasteiger charge is -2.13. The normalized spacial score (nSPS) is 10.2. The summed E-state index contributed by atoms with van der Waals surface area (Å²) in [6.45, 7) is 4.62. The molecule has 15 heavy (non-hydrogen) atoms. The van der Waals surface area contributed by atoms with Crippen LogP contribution in [0.2, 0.25) is 0 Å². The summed E-state index contributed by atoms with van der Waals surface area (Å²) in [7, 11) is -1.83. The molecule has 1 aromatic rings. The van der Waals surface area contributed by atoms with Gasteiger partial charge in [-0.25, -0.2) is 0 Å². The van der Waals surface area contributed by atoms with Crippen molar-refractivity contribution in [3.05, 3.63) is 24.3 Å². The van der Waals surface area contributed by atoms with Gasteiger partial charge >= 0.3 is 7.32 Å². The highest BCUT2D eigenvalue weighted by Crippen LogP contribution is 2.26. The lowest BCUT2D eigenvalue weighted by Crippen LogP contribution is -2.21. The molecule has 4 nitrogen and oxygen atoms in total. The Morgan fingerprint density at radius 1 is 1.20 bits per heavy atom. The Balaban J connectivity index is 2.68. The van der Waals surface area contributed by atoms with Gasteiger partial charge in [-0.1, -0.05) is 26.0 Å². The van der Waals surface area contributed by atoms with Gasteiger partial charge in [-0.3, -0.25) is 0 Å². The van der Waals surface area contributed by atoms with Crippen molar-refractivity contribution < 1.29 is 19.4 Å². The maximum absolute atomic E-state index is 8.69. The first kappa shape index (κ1) is 11.9. The van der Waals surface area contributed by atoms with Crippen LogP contribution in [-0.2, 0) is 0 Å². The van der Waals surface area contributed by atoms with Gasteiger partial charge in [0.05, 0.1) is 6.61 Å². The summed E-state index contributed by atoms with van der Waals surface area (Å²) in [4.78, 5) is 0. The number of ether oxygens (including phenoxy) is 1. The van der Waals surface area contributed by atoms with E-state index in [9.17, 15) is 0 Å². The fourth-order valence-electron chi connectivity index (χ4n) is 1.04. The third-order valence-electron chi connectivity index (χ3n) is 1.65. The zero-order valence-corrected chi connectivity index (χ0v) is 8.88. The standard InChI is InChI=1S/C10H15BO4/c1-8(2)7-14-9-5-3-4-6-10(9)15-11(12)13/h3-6,8,12-13H,7H2,1-2H3. The van der Waals surface area contributed by atoms with Crippen LogP contribution in [0.4, 0.5) is 0 Å². The number of hydrogen-bond donors (Lipinski definition) is 2. The Morgan fingerprint density at radius 2 is 1.80 bits per heavy atom. The van der Waals surface area contributed by atoms with Gasteiger partial charge in [0.15, 0.2) is 5.75 Å². The van der Waals surface area contributed by atoms with E-state index in [-0.39, 0.29) is 0 Å². The van der Waals surface area contributed by atoms with Gasteiger partial charge in [0, 0.05) is 0 Å². The van der Waals surface area contributed by atoms with Crippen molar-refractivity contribution in [3.63, 3.8) is 0 Å². The Bertz CT molecular complexity index is 301. The molecule has 0 fully saturated rings. The minimum absolute atomic E-state index is 0.327. The van der Waals surface area contributed by atoms with Crippen LogP contribution in [0, 0.1) is 5.92 Å². The van der Waals surface area contributed by atoms with Crippen molar-refractivity contribution in [1.29, 1.82) is 0 Å². The number of rotatable bonds is 5. The first-order chi connectivity index (χ1) is 7.09. The van der Waals surface area contributed by atoms with E-state index < -0.39 is 7.32 Å². The van der Waals surface area contributed by atoms with Crippen LogP contribution in [-0.4, -0.2) is 24.0 Å². The van der Waals surface area contributed by atoms with Gasteiger partial charge in [0.25, 0.3) is 0 Å². The summed E-state index contributed by atoms with van der Waals surface area (Å²) in [5.74, 6) is 1.24. The number of benzene rings is 1. The molecule has 0 saturated carbocycles. The zero-order chi connectivity index (χ0) is 11.3. The molecule has 0 aliphatic rings. The lowest BCUT2D eigenvalue weighted by molar-refractivity contribution is 0.247. The van der Waals surface area contributed by atoms with Crippen LogP contribution in [0.15, 0.2) is 24.3 Å². The summed E-state index contributed by atoms with van der Waals surface area (Å²) < 4.78 is 10.2. The van der Waals surface area contributed by atoms with Crippen molar-refractivity contribution in [2.24, 2.45) is 5.92 Å². The van der Waals surface area contributed by atoms with Crippen LogP contribution in [0.3, 0.4) is 0 Å². The molecule has 0 unspecified atom stereocenters. The van der Waals surface area contributed by atoms with Gasteiger partial charge in [0.2, 0.25) is 0 Å². The fourth-order valence-corrected chi connectivity index (χ4v) is 1.04. The molecule has 0 radical (unpaired) electrons. The quantitative estimate of drug-likeness (QED) is 0.713. The highest BCUT2D eigenvalue weighted by atomic mass is 16.6. The van der Waals surface area contributed by atoms with Gasteiger partial charge in [0.1, 0.15) is 5.75 Å². The second-order valence-corrected chi connectivity index (χ2v) is 3.60. The highest BCUT2D eigenvalue weighted by molar-refractivity contribution is 6.33. The van der Waals surface area contributed by atoms with E-state index >= 15 is 0 Å². The van der Waals surface area contributed by atoms with E-state index in [0.29, 0.717) is 24.0 Å². The van der Waals surface area contributed by atoms with E-state index in [1.54, 1.807) is 24.3 Å². The molecule has 0 bridgehead atoms. The second kappa shape index (κ2) is 5.63. The SMILES string of the molecule is CC(C)COc1ccccc1OB(O)O. The molecule has 2 N–H and O–H groups in total. The van der Waals surface area contributed by atoms with Crippen molar-refractivity contribution in [2.75, 3.05) is 6.61 Å².